The first kappa shape index (κ1) is 13.6. The summed E-state index contributed by atoms with van der Waals surface area (Å²) >= 11 is 11.1. The molecule has 18 heavy (non-hydrogen) atoms. The minimum atomic E-state index is -3.04. The Bertz CT molecular complexity index is 533. The number of nitrogens with one attached hydrogen (secondary N) is 2. The molecule has 4 nitrogen and oxygen atoms in total. The van der Waals surface area contributed by atoms with Crippen molar-refractivity contribution in [1.82, 2.24) is 5.32 Å². The van der Waals surface area contributed by atoms with Crippen LogP contribution in [0, 0.1) is 0 Å². The van der Waals surface area contributed by atoms with Gasteiger partial charge in [-0.25, -0.2) is 8.42 Å². The predicted octanol–water partition coefficient (Wildman–Crippen LogP) is 1.38. The molecule has 1 aromatic carbocycles. The van der Waals surface area contributed by atoms with Gasteiger partial charge in [0.1, 0.15) is 0 Å². The molecule has 0 aliphatic carbocycles. The van der Waals surface area contributed by atoms with E-state index in [-0.39, 0.29) is 17.5 Å². The normalized spacial score (nSPS) is 25.6. The number of benzene rings is 1. The molecule has 0 aromatic heterocycles. The molecule has 2 N–H and O–H groups in total. The number of hydrogen-bond acceptors (Lipinski definition) is 3. The maximum absolute atomic E-state index is 11.4. The Morgan fingerprint density at radius 1 is 1.28 bits per heavy atom. The van der Waals surface area contributed by atoms with Crippen molar-refractivity contribution >= 4 is 44.5 Å². The quantitative estimate of drug-likeness (QED) is 0.638. The molecule has 0 radical (unpaired) electrons. The van der Waals surface area contributed by atoms with E-state index in [1.54, 1.807) is 0 Å². The zero-order chi connectivity index (χ0) is 13.2. The smallest absolute Gasteiger partial charge is 0.171 e. The highest BCUT2D eigenvalue weighted by atomic mass is 35.5. The van der Waals surface area contributed by atoms with Crippen LogP contribution in [0.3, 0.4) is 0 Å². The molecule has 0 bridgehead atoms. The fourth-order valence-electron chi connectivity index (χ4n) is 1.79. The SMILES string of the molecule is O=S1(=O)C[C@H](Cl)[C@H](NC(=S)Nc2ccccc2)C1. The van der Waals surface area contributed by atoms with E-state index < -0.39 is 15.2 Å². The van der Waals surface area contributed by atoms with Gasteiger partial charge in [0.2, 0.25) is 0 Å². The molecule has 1 fully saturated rings. The van der Waals surface area contributed by atoms with Gasteiger partial charge in [-0.2, -0.15) is 0 Å². The summed E-state index contributed by atoms with van der Waals surface area (Å²) in [6.07, 6.45) is 0. The fraction of sp³-hybridized carbons (Fsp3) is 0.364. The average Bonchev–Trinajstić information content (AvgIpc) is 2.53. The van der Waals surface area contributed by atoms with Crippen LogP contribution in [-0.4, -0.2) is 36.5 Å². The van der Waals surface area contributed by atoms with E-state index in [1.165, 1.54) is 0 Å². The number of hydrogen-bond donors (Lipinski definition) is 2. The van der Waals surface area contributed by atoms with Crippen LogP contribution < -0.4 is 10.6 Å². The van der Waals surface area contributed by atoms with E-state index in [1.807, 2.05) is 30.3 Å². The van der Waals surface area contributed by atoms with Crippen LogP contribution in [0.4, 0.5) is 5.69 Å². The van der Waals surface area contributed by atoms with Crippen LogP contribution in [0.25, 0.3) is 0 Å². The largest absolute Gasteiger partial charge is 0.357 e. The Balaban J connectivity index is 1.93. The third-order valence-corrected chi connectivity index (χ3v) is 5.23. The fourth-order valence-corrected chi connectivity index (χ4v) is 4.61. The summed E-state index contributed by atoms with van der Waals surface area (Å²) in [5.74, 6) is 0.0257. The standard InChI is InChI=1S/C11H13ClN2O2S2/c12-9-6-18(15,16)7-10(9)14-11(17)13-8-4-2-1-3-5-8/h1-5,9-10H,6-7H2,(H2,13,14,17)/t9-,10+/m0/s1. The van der Waals surface area contributed by atoms with Gasteiger partial charge >= 0.3 is 0 Å². The lowest BCUT2D eigenvalue weighted by Crippen LogP contribution is -2.42. The van der Waals surface area contributed by atoms with Gasteiger partial charge in [0, 0.05) is 5.69 Å². The van der Waals surface area contributed by atoms with Crippen LogP contribution >= 0.6 is 23.8 Å². The topological polar surface area (TPSA) is 58.2 Å². The van der Waals surface area contributed by atoms with Crippen LogP contribution in [0.15, 0.2) is 30.3 Å². The van der Waals surface area contributed by atoms with Gasteiger partial charge in [0.25, 0.3) is 0 Å². The van der Waals surface area contributed by atoms with E-state index in [9.17, 15) is 8.42 Å². The minimum Gasteiger partial charge on any atom is -0.357 e. The van der Waals surface area contributed by atoms with Crippen molar-refractivity contribution in [2.45, 2.75) is 11.4 Å². The first-order valence-corrected chi connectivity index (χ1v) is 8.10. The van der Waals surface area contributed by atoms with Gasteiger partial charge in [-0.1, -0.05) is 18.2 Å². The zero-order valence-electron chi connectivity index (χ0n) is 9.47. The first-order chi connectivity index (χ1) is 8.46. The molecule has 98 valence electrons. The number of halogens is 1. The molecule has 0 unspecified atom stereocenters. The van der Waals surface area contributed by atoms with Gasteiger partial charge in [0.15, 0.2) is 14.9 Å². The maximum atomic E-state index is 11.4. The van der Waals surface area contributed by atoms with E-state index in [0.29, 0.717) is 5.11 Å². The number of para-hydroxylation sites is 1. The van der Waals surface area contributed by atoms with Gasteiger partial charge < -0.3 is 10.6 Å². The van der Waals surface area contributed by atoms with Crippen LogP contribution in [0.2, 0.25) is 0 Å². The number of alkyl halides is 1. The number of anilines is 1. The van der Waals surface area contributed by atoms with Crippen LogP contribution in [0.5, 0.6) is 0 Å². The summed E-state index contributed by atoms with van der Waals surface area (Å²) in [5, 5.41) is 5.87. The Hall–Kier alpha value is -0.850. The lowest BCUT2D eigenvalue weighted by atomic mass is 10.2. The van der Waals surface area contributed by atoms with Crippen molar-refractivity contribution in [2.24, 2.45) is 0 Å². The van der Waals surface area contributed by atoms with E-state index in [2.05, 4.69) is 10.6 Å². The summed E-state index contributed by atoms with van der Waals surface area (Å²) in [6.45, 7) is 0. The molecule has 0 spiro atoms. The molecular weight excluding hydrogens is 292 g/mol. The first-order valence-electron chi connectivity index (χ1n) is 5.43. The molecular formula is C11H13ClN2O2S2. The highest BCUT2D eigenvalue weighted by Crippen LogP contribution is 2.18. The van der Waals surface area contributed by atoms with Crippen molar-refractivity contribution in [3.8, 4) is 0 Å². The van der Waals surface area contributed by atoms with E-state index in [0.717, 1.165) is 5.69 Å². The Labute approximate surface area is 117 Å². The van der Waals surface area contributed by atoms with Crippen molar-refractivity contribution < 1.29 is 8.42 Å². The molecule has 0 amide bonds. The molecule has 1 aliphatic rings. The van der Waals surface area contributed by atoms with Crippen molar-refractivity contribution in [3.63, 3.8) is 0 Å². The molecule has 1 heterocycles. The number of thiocarbonyl (C=S) groups is 1. The second-order valence-corrected chi connectivity index (χ2v) is 7.29. The summed E-state index contributed by atoms with van der Waals surface area (Å²) in [5.41, 5.74) is 0.849. The maximum Gasteiger partial charge on any atom is 0.171 e. The predicted molar refractivity (Wildman–Crippen MR) is 77.9 cm³/mol. The Morgan fingerprint density at radius 3 is 2.50 bits per heavy atom. The molecule has 0 saturated carbocycles. The van der Waals surface area contributed by atoms with Crippen molar-refractivity contribution in [1.29, 1.82) is 0 Å². The zero-order valence-corrected chi connectivity index (χ0v) is 11.9. The van der Waals surface area contributed by atoms with Crippen LogP contribution in [-0.2, 0) is 9.84 Å². The summed E-state index contributed by atoms with van der Waals surface area (Å²) in [7, 11) is -3.04. The van der Waals surface area contributed by atoms with Gasteiger partial charge in [-0.3, -0.25) is 0 Å². The lowest BCUT2D eigenvalue weighted by molar-refractivity contribution is 0.600. The molecule has 1 saturated heterocycles. The monoisotopic (exact) mass is 304 g/mol. The van der Waals surface area contributed by atoms with Gasteiger partial charge in [-0.15, -0.1) is 11.6 Å². The Kier molecular flexibility index (Phi) is 4.09. The number of sulfone groups is 1. The van der Waals surface area contributed by atoms with E-state index in [4.69, 9.17) is 23.8 Å². The van der Waals surface area contributed by atoms with Gasteiger partial charge in [-0.05, 0) is 24.4 Å². The van der Waals surface area contributed by atoms with E-state index >= 15 is 0 Å². The summed E-state index contributed by atoms with van der Waals surface area (Å²) in [6, 6.07) is 9.08. The second kappa shape index (κ2) is 5.42. The average molecular weight is 305 g/mol. The van der Waals surface area contributed by atoms with Crippen molar-refractivity contribution in [3.05, 3.63) is 30.3 Å². The molecule has 1 aromatic rings. The summed E-state index contributed by atoms with van der Waals surface area (Å²) in [4.78, 5) is 0. The van der Waals surface area contributed by atoms with Crippen molar-refractivity contribution in [2.75, 3.05) is 16.8 Å². The van der Waals surface area contributed by atoms with Crippen LogP contribution in [0.1, 0.15) is 0 Å². The molecule has 1 aliphatic heterocycles. The second-order valence-electron chi connectivity index (χ2n) is 4.16. The molecule has 2 rings (SSSR count). The molecule has 7 heteroatoms. The third kappa shape index (κ3) is 3.57. The Morgan fingerprint density at radius 2 is 1.94 bits per heavy atom. The summed E-state index contributed by atoms with van der Waals surface area (Å²) < 4.78 is 22.8. The number of rotatable bonds is 2. The highest BCUT2D eigenvalue weighted by Gasteiger charge is 2.36. The van der Waals surface area contributed by atoms with Gasteiger partial charge in [0.05, 0.1) is 22.9 Å². The minimum absolute atomic E-state index is 0.000171. The third-order valence-electron chi connectivity index (χ3n) is 2.63. The molecule has 2 atom stereocenters. The lowest BCUT2D eigenvalue weighted by Gasteiger charge is -2.17. The highest BCUT2D eigenvalue weighted by molar-refractivity contribution is 7.91.